The van der Waals surface area contributed by atoms with Crippen LogP contribution >= 0.6 is 11.3 Å². The fraction of sp³-hybridized carbons (Fsp3) is 0.562. The number of nitrogens with one attached hydrogen (secondary N) is 1. The Kier molecular flexibility index (Phi) is 7.22. The number of aromatic nitrogens is 1. The van der Waals surface area contributed by atoms with Gasteiger partial charge in [0.15, 0.2) is 5.13 Å². The molecule has 1 aromatic rings. The van der Waals surface area contributed by atoms with Gasteiger partial charge in [0.2, 0.25) is 0 Å². The number of thiazole rings is 1. The lowest BCUT2D eigenvalue weighted by atomic mass is 10.1. The van der Waals surface area contributed by atoms with Crippen LogP contribution in [0.3, 0.4) is 0 Å². The van der Waals surface area contributed by atoms with Crippen LogP contribution in [-0.2, 0) is 14.3 Å². The number of unbranched alkanes of at least 4 members (excludes halogenated alkanes) is 1. The van der Waals surface area contributed by atoms with Gasteiger partial charge in [-0.3, -0.25) is 5.32 Å². The third-order valence-corrected chi connectivity index (χ3v) is 3.28. The summed E-state index contributed by atoms with van der Waals surface area (Å²) < 4.78 is 10.2. The normalized spacial score (nSPS) is 12.0. The van der Waals surface area contributed by atoms with Crippen molar-refractivity contribution in [3.05, 3.63) is 17.2 Å². The van der Waals surface area contributed by atoms with Crippen LogP contribution in [0.1, 0.15) is 53.2 Å². The number of anilines is 1. The van der Waals surface area contributed by atoms with E-state index in [4.69, 9.17) is 9.47 Å². The van der Waals surface area contributed by atoms with Crippen molar-refractivity contribution in [2.75, 3.05) is 11.9 Å². The van der Waals surface area contributed by atoms with Crippen LogP contribution < -0.4 is 5.32 Å². The largest absolute Gasteiger partial charge is 0.462 e. The van der Waals surface area contributed by atoms with Crippen LogP contribution in [0.5, 0.6) is 0 Å². The minimum absolute atomic E-state index is 0.301. The van der Waals surface area contributed by atoms with Crippen LogP contribution in [0.15, 0.2) is 11.5 Å². The average Bonchev–Trinajstić information content (AvgIpc) is 2.85. The highest BCUT2D eigenvalue weighted by Crippen LogP contribution is 2.24. The van der Waals surface area contributed by atoms with E-state index in [2.05, 4.69) is 10.3 Å². The molecule has 7 heteroatoms. The monoisotopic (exact) mass is 340 g/mol. The van der Waals surface area contributed by atoms with Crippen LogP contribution in [0.25, 0.3) is 5.57 Å². The highest BCUT2D eigenvalue weighted by molar-refractivity contribution is 7.14. The number of nitrogens with zero attached hydrogens (tertiary/aromatic N) is 1. The van der Waals surface area contributed by atoms with Gasteiger partial charge in [-0.1, -0.05) is 19.4 Å². The number of allylic oxidation sites excluding steroid dienone is 1. The van der Waals surface area contributed by atoms with E-state index in [9.17, 15) is 9.59 Å². The number of hydrogen-bond acceptors (Lipinski definition) is 6. The number of esters is 1. The molecule has 0 radical (unpaired) electrons. The zero-order valence-corrected chi connectivity index (χ0v) is 15.1. The Labute approximate surface area is 140 Å². The Morgan fingerprint density at radius 3 is 2.61 bits per heavy atom. The molecule has 0 unspecified atom stereocenters. The second kappa shape index (κ2) is 8.67. The van der Waals surface area contributed by atoms with Gasteiger partial charge in [0.05, 0.1) is 17.9 Å². The van der Waals surface area contributed by atoms with E-state index in [1.165, 1.54) is 11.3 Å². The van der Waals surface area contributed by atoms with Gasteiger partial charge in [0.1, 0.15) is 5.60 Å². The Morgan fingerprint density at radius 2 is 2.04 bits per heavy atom. The van der Waals surface area contributed by atoms with Gasteiger partial charge < -0.3 is 9.47 Å². The van der Waals surface area contributed by atoms with Gasteiger partial charge in [0, 0.05) is 5.38 Å². The van der Waals surface area contributed by atoms with Gasteiger partial charge in [-0.05, 0) is 34.1 Å². The lowest BCUT2D eigenvalue weighted by Gasteiger charge is -2.18. The molecule has 1 amide bonds. The summed E-state index contributed by atoms with van der Waals surface area (Å²) in [7, 11) is 0. The minimum Gasteiger partial charge on any atom is -0.462 e. The fourth-order valence-electron chi connectivity index (χ4n) is 1.64. The van der Waals surface area contributed by atoms with E-state index in [1.807, 2.05) is 13.0 Å². The maximum Gasteiger partial charge on any atom is 0.413 e. The average molecular weight is 340 g/mol. The van der Waals surface area contributed by atoms with Gasteiger partial charge in [-0.15, -0.1) is 11.3 Å². The van der Waals surface area contributed by atoms with Crippen molar-refractivity contribution < 1.29 is 19.1 Å². The van der Waals surface area contributed by atoms with Crippen LogP contribution in [0.4, 0.5) is 9.93 Å². The van der Waals surface area contributed by atoms with Crippen molar-refractivity contribution in [3.8, 4) is 0 Å². The molecule has 0 aliphatic carbocycles. The first kappa shape index (κ1) is 19.2. The predicted octanol–water partition coefficient (Wildman–Crippen LogP) is 4.24. The van der Waals surface area contributed by atoms with Gasteiger partial charge in [-0.2, -0.15) is 0 Å². The molecule has 0 aliphatic rings. The zero-order chi connectivity index (χ0) is 17.5. The standard InChI is InChI=1S/C16H24N2O4S/c1-6-8-9-11(13(19)21-7-2)12-10-23-14(17-12)18-15(20)22-16(3,4)5/h9-10H,6-8H2,1-5H3,(H,17,18,20)/b11-9-. The molecule has 0 saturated carbocycles. The molecule has 1 N–H and O–H groups in total. The Morgan fingerprint density at radius 1 is 1.35 bits per heavy atom. The van der Waals surface area contributed by atoms with Crippen molar-refractivity contribution in [2.24, 2.45) is 0 Å². The third-order valence-electron chi connectivity index (χ3n) is 2.52. The van der Waals surface area contributed by atoms with E-state index in [0.717, 1.165) is 12.8 Å². The summed E-state index contributed by atoms with van der Waals surface area (Å²) in [5.74, 6) is -0.407. The number of ether oxygens (including phenoxy) is 2. The molecule has 1 aromatic heterocycles. The van der Waals surface area contributed by atoms with E-state index < -0.39 is 17.7 Å². The molecule has 0 aromatic carbocycles. The molecule has 128 valence electrons. The summed E-state index contributed by atoms with van der Waals surface area (Å²) in [6.45, 7) is 9.43. The lowest BCUT2D eigenvalue weighted by molar-refractivity contribution is -0.136. The lowest BCUT2D eigenvalue weighted by Crippen LogP contribution is -2.27. The second-order valence-corrected chi connectivity index (χ2v) is 6.65. The Balaban J connectivity index is 2.86. The quantitative estimate of drug-likeness (QED) is 0.619. The highest BCUT2D eigenvalue weighted by atomic mass is 32.1. The number of carbonyl (C=O) groups is 2. The SMILES string of the molecule is CCC/C=C(\C(=O)OCC)c1csc(NC(=O)OC(C)(C)C)n1. The van der Waals surface area contributed by atoms with Crippen molar-refractivity contribution in [3.63, 3.8) is 0 Å². The van der Waals surface area contributed by atoms with E-state index in [1.54, 1.807) is 33.1 Å². The molecular formula is C16H24N2O4S. The number of hydrogen-bond donors (Lipinski definition) is 1. The number of rotatable bonds is 6. The molecule has 0 spiro atoms. The third kappa shape index (κ3) is 6.81. The van der Waals surface area contributed by atoms with Crippen molar-refractivity contribution in [2.45, 2.75) is 53.1 Å². The fourth-order valence-corrected chi connectivity index (χ4v) is 2.33. The van der Waals surface area contributed by atoms with Crippen LogP contribution in [0, 0.1) is 0 Å². The second-order valence-electron chi connectivity index (χ2n) is 5.79. The van der Waals surface area contributed by atoms with Gasteiger partial charge in [0.25, 0.3) is 0 Å². The zero-order valence-electron chi connectivity index (χ0n) is 14.3. The summed E-state index contributed by atoms with van der Waals surface area (Å²) in [6, 6.07) is 0. The first-order valence-electron chi connectivity index (χ1n) is 7.60. The summed E-state index contributed by atoms with van der Waals surface area (Å²) >= 11 is 1.23. The van der Waals surface area contributed by atoms with Gasteiger partial charge in [-0.25, -0.2) is 14.6 Å². The molecule has 23 heavy (non-hydrogen) atoms. The number of amides is 1. The first-order chi connectivity index (χ1) is 10.8. The van der Waals surface area contributed by atoms with E-state index in [0.29, 0.717) is 23.0 Å². The summed E-state index contributed by atoms with van der Waals surface area (Å²) in [5, 5.41) is 4.66. The predicted molar refractivity (Wildman–Crippen MR) is 91.5 cm³/mol. The van der Waals surface area contributed by atoms with Crippen molar-refractivity contribution >= 4 is 34.1 Å². The maximum atomic E-state index is 12.0. The van der Waals surface area contributed by atoms with E-state index in [-0.39, 0.29) is 0 Å². The molecule has 6 nitrogen and oxygen atoms in total. The molecule has 0 fully saturated rings. The molecule has 1 heterocycles. The van der Waals surface area contributed by atoms with Crippen LogP contribution in [0.2, 0.25) is 0 Å². The van der Waals surface area contributed by atoms with Crippen LogP contribution in [-0.4, -0.2) is 29.3 Å². The Hall–Kier alpha value is -1.89. The van der Waals surface area contributed by atoms with Crippen molar-refractivity contribution in [1.29, 1.82) is 0 Å². The summed E-state index contributed by atoms with van der Waals surface area (Å²) in [6.07, 6.45) is 2.90. The molecule has 0 aliphatic heterocycles. The van der Waals surface area contributed by atoms with Crippen molar-refractivity contribution in [1.82, 2.24) is 4.98 Å². The minimum atomic E-state index is -0.582. The smallest absolute Gasteiger partial charge is 0.413 e. The summed E-state index contributed by atoms with van der Waals surface area (Å²) in [4.78, 5) is 28.0. The van der Waals surface area contributed by atoms with E-state index >= 15 is 0 Å². The highest BCUT2D eigenvalue weighted by Gasteiger charge is 2.19. The molecule has 0 saturated heterocycles. The topological polar surface area (TPSA) is 77.5 Å². The summed E-state index contributed by atoms with van der Waals surface area (Å²) in [5.41, 5.74) is 0.330. The van der Waals surface area contributed by atoms with Gasteiger partial charge >= 0.3 is 12.1 Å². The molecule has 0 atom stereocenters. The first-order valence-corrected chi connectivity index (χ1v) is 8.48. The number of carbonyl (C=O) groups excluding carboxylic acids is 2. The Bertz CT molecular complexity index is 573. The maximum absolute atomic E-state index is 12.0. The molecule has 0 bridgehead atoms. The molecule has 1 rings (SSSR count). The molecular weight excluding hydrogens is 316 g/mol.